The van der Waals surface area contributed by atoms with E-state index in [1.165, 1.54) is 17.3 Å². The van der Waals surface area contributed by atoms with Gasteiger partial charge in [0.05, 0.1) is 4.47 Å². The average Bonchev–Trinajstić information content (AvgIpc) is 2.82. The van der Waals surface area contributed by atoms with E-state index in [0.29, 0.717) is 10.3 Å². The summed E-state index contributed by atoms with van der Waals surface area (Å²) in [6.07, 6.45) is 3.27. The Kier molecular flexibility index (Phi) is 3.06. The number of carboxylic acids is 1. The SMILES string of the molecule is O=C(O)c1nc(C2Cc3ccccc3C2)ncc1Br. The van der Waals surface area contributed by atoms with Crippen LogP contribution in [0, 0.1) is 0 Å². The molecule has 0 fully saturated rings. The van der Waals surface area contributed by atoms with Crippen LogP contribution < -0.4 is 0 Å². The summed E-state index contributed by atoms with van der Waals surface area (Å²) < 4.78 is 0.416. The van der Waals surface area contributed by atoms with Crippen molar-refractivity contribution in [1.82, 2.24) is 9.97 Å². The predicted octanol–water partition coefficient (Wildman–Crippen LogP) is 2.82. The third kappa shape index (κ3) is 2.26. The molecule has 0 radical (unpaired) electrons. The second kappa shape index (κ2) is 4.74. The summed E-state index contributed by atoms with van der Waals surface area (Å²) >= 11 is 3.16. The zero-order valence-electron chi connectivity index (χ0n) is 10.0. The maximum Gasteiger partial charge on any atom is 0.355 e. The number of aromatic carboxylic acids is 1. The second-order valence-electron chi connectivity index (χ2n) is 4.60. The van der Waals surface area contributed by atoms with Crippen LogP contribution in [0.3, 0.4) is 0 Å². The molecule has 4 nitrogen and oxygen atoms in total. The molecular weight excluding hydrogens is 308 g/mol. The molecule has 2 aromatic rings. The average molecular weight is 319 g/mol. The van der Waals surface area contributed by atoms with Crippen molar-refractivity contribution in [3.05, 3.63) is 57.6 Å². The van der Waals surface area contributed by atoms with E-state index in [1.807, 2.05) is 12.1 Å². The molecule has 1 N–H and O–H groups in total. The summed E-state index contributed by atoms with van der Waals surface area (Å²) in [7, 11) is 0. The Morgan fingerprint density at radius 1 is 1.26 bits per heavy atom. The van der Waals surface area contributed by atoms with Crippen molar-refractivity contribution in [2.75, 3.05) is 0 Å². The normalized spacial score (nSPS) is 14.4. The smallest absolute Gasteiger partial charge is 0.355 e. The minimum Gasteiger partial charge on any atom is -0.476 e. The lowest BCUT2D eigenvalue weighted by atomic mass is 10.1. The molecule has 3 rings (SSSR count). The third-order valence-electron chi connectivity index (χ3n) is 3.38. The lowest BCUT2D eigenvalue weighted by molar-refractivity contribution is 0.0688. The fraction of sp³-hybridized carbons (Fsp3) is 0.214. The number of halogens is 1. The van der Waals surface area contributed by atoms with E-state index in [-0.39, 0.29) is 11.6 Å². The summed E-state index contributed by atoms with van der Waals surface area (Å²) in [6.45, 7) is 0. The molecule has 0 saturated heterocycles. The van der Waals surface area contributed by atoms with Crippen molar-refractivity contribution in [2.45, 2.75) is 18.8 Å². The highest BCUT2D eigenvalue weighted by atomic mass is 79.9. The highest BCUT2D eigenvalue weighted by Gasteiger charge is 2.26. The molecule has 0 bridgehead atoms. The third-order valence-corrected chi connectivity index (χ3v) is 3.96. The number of nitrogens with zero attached hydrogens (tertiary/aromatic N) is 2. The number of hydrogen-bond donors (Lipinski definition) is 1. The van der Waals surface area contributed by atoms with Gasteiger partial charge in [-0.2, -0.15) is 0 Å². The Balaban J connectivity index is 1.93. The van der Waals surface area contributed by atoms with Crippen LogP contribution in [0.15, 0.2) is 34.9 Å². The molecule has 96 valence electrons. The molecule has 0 amide bonds. The van der Waals surface area contributed by atoms with Gasteiger partial charge in [0.15, 0.2) is 5.69 Å². The molecule has 1 heterocycles. The zero-order valence-corrected chi connectivity index (χ0v) is 11.6. The summed E-state index contributed by atoms with van der Waals surface area (Å²) in [5.41, 5.74) is 2.63. The van der Waals surface area contributed by atoms with Gasteiger partial charge in [0.2, 0.25) is 0 Å². The number of rotatable bonds is 2. The van der Waals surface area contributed by atoms with E-state index in [4.69, 9.17) is 5.11 Å². The predicted molar refractivity (Wildman–Crippen MR) is 73.3 cm³/mol. The summed E-state index contributed by atoms with van der Waals surface area (Å²) in [6, 6.07) is 8.25. The molecule has 0 atom stereocenters. The molecule has 1 aromatic heterocycles. The van der Waals surface area contributed by atoms with Gasteiger partial charge in [0.25, 0.3) is 0 Å². The number of carboxylic acid groups (broad SMARTS) is 1. The topological polar surface area (TPSA) is 63.1 Å². The van der Waals surface area contributed by atoms with Gasteiger partial charge in [-0.05, 0) is 39.9 Å². The first-order chi connectivity index (χ1) is 9.15. The van der Waals surface area contributed by atoms with Crippen LogP contribution in [0.25, 0.3) is 0 Å². The summed E-state index contributed by atoms with van der Waals surface area (Å²) in [5, 5.41) is 9.09. The number of benzene rings is 1. The van der Waals surface area contributed by atoms with Gasteiger partial charge < -0.3 is 5.11 Å². The summed E-state index contributed by atoms with van der Waals surface area (Å²) in [5.74, 6) is -0.258. The largest absolute Gasteiger partial charge is 0.476 e. The van der Waals surface area contributed by atoms with Crippen molar-refractivity contribution in [3.63, 3.8) is 0 Å². The zero-order chi connectivity index (χ0) is 13.4. The van der Waals surface area contributed by atoms with Crippen molar-refractivity contribution < 1.29 is 9.90 Å². The van der Waals surface area contributed by atoms with Gasteiger partial charge in [-0.25, -0.2) is 14.8 Å². The molecule has 1 aromatic carbocycles. The second-order valence-corrected chi connectivity index (χ2v) is 5.46. The van der Waals surface area contributed by atoms with Crippen LogP contribution in [-0.4, -0.2) is 21.0 Å². The van der Waals surface area contributed by atoms with Crippen LogP contribution >= 0.6 is 15.9 Å². The molecule has 1 aliphatic rings. The Morgan fingerprint density at radius 2 is 1.89 bits per heavy atom. The number of hydrogen-bond acceptors (Lipinski definition) is 3. The van der Waals surface area contributed by atoms with Crippen molar-refractivity contribution in [3.8, 4) is 0 Å². The van der Waals surface area contributed by atoms with Crippen molar-refractivity contribution in [1.29, 1.82) is 0 Å². The van der Waals surface area contributed by atoms with Gasteiger partial charge in [0.1, 0.15) is 5.82 Å². The van der Waals surface area contributed by atoms with E-state index >= 15 is 0 Å². The van der Waals surface area contributed by atoms with Crippen LogP contribution in [0.2, 0.25) is 0 Å². The van der Waals surface area contributed by atoms with Crippen LogP contribution in [0.4, 0.5) is 0 Å². The summed E-state index contributed by atoms with van der Waals surface area (Å²) in [4.78, 5) is 19.5. The molecule has 0 saturated carbocycles. The molecule has 0 unspecified atom stereocenters. The quantitative estimate of drug-likeness (QED) is 0.924. The Hall–Kier alpha value is -1.75. The fourth-order valence-corrected chi connectivity index (χ4v) is 2.83. The molecule has 1 aliphatic carbocycles. The van der Waals surface area contributed by atoms with Crippen LogP contribution in [0.5, 0.6) is 0 Å². The minimum atomic E-state index is -1.04. The monoisotopic (exact) mass is 318 g/mol. The van der Waals surface area contributed by atoms with Gasteiger partial charge in [-0.15, -0.1) is 0 Å². The fourth-order valence-electron chi connectivity index (χ4n) is 2.47. The Morgan fingerprint density at radius 3 is 2.47 bits per heavy atom. The maximum atomic E-state index is 11.1. The lowest BCUT2D eigenvalue weighted by Crippen LogP contribution is -2.10. The minimum absolute atomic E-state index is 0.0287. The molecule has 5 heteroatoms. The number of aromatic nitrogens is 2. The van der Waals surface area contributed by atoms with Gasteiger partial charge in [0, 0.05) is 12.1 Å². The molecule has 0 aliphatic heterocycles. The van der Waals surface area contributed by atoms with E-state index in [9.17, 15) is 4.79 Å². The maximum absolute atomic E-state index is 11.1. The number of carbonyl (C=O) groups is 1. The highest BCUT2D eigenvalue weighted by Crippen LogP contribution is 2.32. The molecule has 0 spiro atoms. The Bertz CT molecular complexity index is 633. The van der Waals surface area contributed by atoms with Crippen LogP contribution in [0.1, 0.15) is 33.4 Å². The van der Waals surface area contributed by atoms with Gasteiger partial charge >= 0.3 is 5.97 Å². The first-order valence-corrected chi connectivity index (χ1v) is 6.77. The van der Waals surface area contributed by atoms with E-state index in [2.05, 4.69) is 38.0 Å². The lowest BCUT2D eigenvalue weighted by Gasteiger charge is -2.08. The first kappa shape index (κ1) is 12.3. The standard InChI is InChI=1S/C14H11BrN2O2/c15-11-7-16-13(17-12(11)14(18)19)10-5-8-3-1-2-4-9(8)6-10/h1-4,7,10H,5-6H2,(H,18,19). The van der Waals surface area contributed by atoms with Gasteiger partial charge in [-0.3, -0.25) is 0 Å². The van der Waals surface area contributed by atoms with E-state index in [1.54, 1.807) is 0 Å². The molecule has 19 heavy (non-hydrogen) atoms. The highest BCUT2D eigenvalue weighted by molar-refractivity contribution is 9.10. The van der Waals surface area contributed by atoms with Crippen molar-refractivity contribution in [2.24, 2.45) is 0 Å². The van der Waals surface area contributed by atoms with Crippen LogP contribution in [-0.2, 0) is 12.8 Å². The van der Waals surface area contributed by atoms with Crippen molar-refractivity contribution >= 4 is 21.9 Å². The Labute approximate surface area is 118 Å². The molecular formula is C14H11BrN2O2. The first-order valence-electron chi connectivity index (χ1n) is 5.97. The van der Waals surface area contributed by atoms with E-state index in [0.717, 1.165) is 12.8 Å². The van der Waals surface area contributed by atoms with Gasteiger partial charge in [-0.1, -0.05) is 24.3 Å². The van der Waals surface area contributed by atoms with E-state index < -0.39 is 5.97 Å². The number of fused-ring (bicyclic) bond motifs is 1.